The van der Waals surface area contributed by atoms with Gasteiger partial charge in [-0.15, -0.1) is 0 Å². The molecule has 2 aliphatic rings. The lowest BCUT2D eigenvalue weighted by atomic mass is 10.1. The third-order valence-electron chi connectivity index (χ3n) is 5.29. The molecule has 0 atom stereocenters. The van der Waals surface area contributed by atoms with Crippen LogP contribution < -0.4 is 15.5 Å². The van der Waals surface area contributed by atoms with Crippen LogP contribution in [0.3, 0.4) is 0 Å². The number of carbonyl (C=O) groups excluding carboxylic acids is 1. The largest absolute Gasteiger partial charge is 0.418 e. The number of nitrogens with one attached hydrogen (secondary N) is 2. The lowest BCUT2D eigenvalue weighted by molar-refractivity contribution is -0.137. The lowest BCUT2D eigenvalue weighted by Gasteiger charge is -2.35. The first-order chi connectivity index (χ1) is 14.2. The van der Waals surface area contributed by atoms with Crippen LogP contribution in [0.15, 0.2) is 42.6 Å². The van der Waals surface area contributed by atoms with E-state index in [-0.39, 0.29) is 16.9 Å². The molecule has 2 N–H and O–H groups in total. The molecule has 5 nitrogen and oxygen atoms in total. The molecule has 9 heteroatoms. The zero-order valence-corrected chi connectivity index (χ0v) is 16.2. The van der Waals surface area contributed by atoms with Crippen LogP contribution in [-0.4, -0.2) is 44.0 Å². The number of piperazine rings is 1. The first-order valence-electron chi connectivity index (χ1n) is 9.45. The van der Waals surface area contributed by atoms with Gasteiger partial charge in [0.2, 0.25) is 0 Å². The van der Waals surface area contributed by atoms with E-state index in [0.717, 1.165) is 6.07 Å². The predicted octanol–water partition coefficient (Wildman–Crippen LogP) is 4.00. The van der Waals surface area contributed by atoms with Gasteiger partial charge in [-0.3, -0.25) is 4.79 Å². The molecular formula is C21H20F4N4O. The van der Waals surface area contributed by atoms with Gasteiger partial charge in [-0.25, -0.2) is 4.39 Å². The van der Waals surface area contributed by atoms with Gasteiger partial charge in [-0.2, -0.15) is 13.2 Å². The average Bonchev–Trinajstić information content (AvgIpc) is 3.00. The van der Waals surface area contributed by atoms with E-state index >= 15 is 0 Å². The van der Waals surface area contributed by atoms with Crippen molar-refractivity contribution in [3.63, 3.8) is 0 Å². The number of nitrogens with zero attached hydrogens (tertiary/aromatic N) is 2. The van der Waals surface area contributed by atoms with Crippen molar-refractivity contribution < 1.29 is 22.4 Å². The molecular weight excluding hydrogens is 400 g/mol. The van der Waals surface area contributed by atoms with E-state index in [1.807, 2.05) is 7.05 Å². The van der Waals surface area contributed by atoms with Crippen LogP contribution in [0.5, 0.6) is 0 Å². The second kappa shape index (κ2) is 7.64. The standard InChI is InChI=1S/C21H20F4N4O/c1-28-6-8-29(9-7-28)19-5-3-14(11-17(19)21(23,24)25)26-12-16-15-10-13(22)2-4-18(15)27-20(16)30/h2-5,10-12,26H,6-9H2,1H3,(H,27,30). The summed E-state index contributed by atoms with van der Waals surface area (Å²) in [7, 11) is 1.94. The minimum atomic E-state index is -4.52. The van der Waals surface area contributed by atoms with Crippen LogP contribution in [0, 0.1) is 5.82 Å². The highest BCUT2D eigenvalue weighted by Gasteiger charge is 2.35. The van der Waals surface area contributed by atoms with Crippen LogP contribution in [0.25, 0.3) is 5.57 Å². The van der Waals surface area contributed by atoms with Gasteiger partial charge in [0.15, 0.2) is 0 Å². The smallest absolute Gasteiger partial charge is 0.368 e. The zero-order valence-electron chi connectivity index (χ0n) is 16.2. The summed E-state index contributed by atoms with van der Waals surface area (Å²) in [5.41, 5.74) is 0.553. The maximum Gasteiger partial charge on any atom is 0.418 e. The predicted molar refractivity (Wildman–Crippen MR) is 108 cm³/mol. The number of alkyl halides is 3. The van der Waals surface area contributed by atoms with Gasteiger partial charge >= 0.3 is 6.18 Å². The minimum Gasteiger partial charge on any atom is -0.368 e. The molecule has 2 heterocycles. The number of hydrogen-bond acceptors (Lipinski definition) is 4. The molecule has 0 bridgehead atoms. The molecule has 2 aliphatic heterocycles. The highest BCUT2D eigenvalue weighted by molar-refractivity contribution is 6.31. The molecule has 1 amide bonds. The van der Waals surface area contributed by atoms with Crippen LogP contribution in [0.2, 0.25) is 0 Å². The van der Waals surface area contributed by atoms with Crippen LogP contribution in [0.4, 0.5) is 34.6 Å². The van der Waals surface area contributed by atoms with Gasteiger partial charge in [0.05, 0.1) is 11.1 Å². The molecule has 2 aromatic rings. The lowest BCUT2D eigenvalue weighted by Crippen LogP contribution is -2.45. The fraction of sp³-hybridized carbons (Fsp3) is 0.286. The summed E-state index contributed by atoms with van der Waals surface area (Å²) in [5.74, 6) is -0.958. The molecule has 0 aliphatic carbocycles. The topological polar surface area (TPSA) is 47.6 Å². The van der Waals surface area contributed by atoms with Crippen molar-refractivity contribution in [3.8, 4) is 0 Å². The van der Waals surface area contributed by atoms with E-state index in [0.29, 0.717) is 37.4 Å². The summed E-state index contributed by atoms with van der Waals surface area (Å²) in [6.07, 6.45) is -3.23. The molecule has 0 spiro atoms. The summed E-state index contributed by atoms with van der Waals surface area (Å²) in [6, 6.07) is 7.89. The van der Waals surface area contributed by atoms with Crippen molar-refractivity contribution in [1.82, 2.24) is 4.90 Å². The summed E-state index contributed by atoms with van der Waals surface area (Å²) >= 11 is 0. The number of hydrogen-bond donors (Lipinski definition) is 2. The number of fused-ring (bicyclic) bond motifs is 1. The fourth-order valence-corrected chi connectivity index (χ4v) is 3.64. The molecule has 0 aromatic heterocycles. The molecule has 1 saturated heterocycles. The van der Waals surface area contributed by atoms with Crippen molar-refractivity contribution in [2.24, 2.45) is 0 Å². The van der Waals surface area contributed by atoms with E-state index in [9.17, 15) is 22.4 Å². The maximum absolute atomic E-state index is 13.7. The molecule has 2 aromatic carbocycles. The summed E-state index contributed by atoms with van der Waals surface area (Å²) < 4.78 is 54.7. The molecule has 158 valence electrons. The Labute approximate surface area is 171 Å². The Morgan fingerprint density at radius 3 is 2.50 bits per heavy atom. The van der Waals surface area contributed by atoms with Crippen molar-refractivity contribution in [3.05, 3.63) is 59.5 Å². The van der Waals surface area contributed by atoms with E-state index in [4.69, 9.17) is 0 Å². The summed E-state index contributed by atoms with van der Waals surface area (Å²) in [4.78, 5) is 15.9. The SMILES string of the molecule is CN1CCN(c2ccc(NC=C3C(=O)Nc4ccc(F)cc43)cc2C(F)(F)F)CC1. The Morgan fingerprint density at radius 2 is 1.80 bits per heavy atom. The summed E-state index contributed by atoms with van der Waals surface area (Å²) in [6.45, 7) is 2.40. The number of carbonyl (C=O) groups is 1. The third-order valence-corrected chi connectivity index (χ3v) is 5.29. The molecule has 30 heavy (non-hydrogen) atoms. The first kappa shape index (κ1) is 20.2. The average molecular weight is 420 g/mol. The number of halogens is 4. The second-order valence-electron chi connectivity index (χ2n) is 7.37. The van der Waals surface area contributed by atoms with Gasteiger partial charge in [-0.1, -0.05) is 0 Å². The van der Waals surface area contributed by atoms with Crippen LogP contribution in [-0.2, 0) is 11.0 Å². The third kappa shape index (κ3) is 3.97. The maximum atomic E-state index is 13.7. The van der Waals surface area contributed by atoms with Crippen molar-refractivity contribution in [2.45, 2.75) is 6.18 Å². The molecule has 4 rings (SSSR count). The van der Waals surface area contributed by atoms with E-state index < -0.39 is 23.5 Å². The van der Waals surface area contributed by atoms with Crippen LogP contribution >= 0.6 is 0 Å². The van der Waals surface area contributed by atoms with Gasteiger partial charge in [0, 0.05) is 55.0 Å². The van der Waals surface area contributed by atoms with E-state index in [1.54, 1.807) is 11.0 Å². The Hall–Kier alpha value is -3.07. The zero-order chi connectivity index (χ0) is 21.5. The molecule has 0 saturated carbocycles. The van der Waals surface area contributed by atoms with E-state index in [2.05, 4.69) is 15.5 Å². The quantitative estimate of drug-likeness (QED) is 0.582. The molecule has 0 unspecified atom stereocenters. The molecule has 0 radical (unpaired) electrons. The first-order valence-corrected chi connectivity index (χ1v) is 9.45. The van der Waals surface area contributed by atoms with Crippen molar-refractivity contribution in [2.75, 3.05) is 48.8 Å². The van der Waals surface area contributed by atoms with Gasteiger partial charge < -0.3 is 20.4 Å². The van der Waals surface area contributed by atoms with E-state index in [1.165, 1.54) is 30.5 Å². The number of rotatable bonds is 3. The monoisotopic (exact) mass is 420 g/mol. The van der Waals surface area contributed by atoms with Crippen molar-refractivity contribution in [1.29, 1.82) is 0 Å². The second-order valence-corrected chi connectivity index (χ2v) is 7.37. The van der Waals surface area contributed by atoms with Gasteiger partial charge in [-0.05, 0) is 43.4 Å². The number of likely N-dealkylation sites (N-methyl/N-ethyl adjacent to an activating group) is 1. The number of benzene rings is 2. The Morgan fingerprint density at radius 1 is 1.07 bits per heavy atom. The highest BCUT2D eigenvalue weighted by atomic mass is 19.4. The summed E-state index contributed by atoms with van der Waals surface area (Å²) in [5, 5.41) is 5.35. The minimum absolute atomic E-state index is 0.139. The normalized spacial score (nSPS) is 18.5. The fourth-order valence-electron chi connectivity index (χ4n) is 3.64. The van der Waals surface area contributed by atoms with Gasteiger partial charge in [0.1, 0.15) is 5.82 Å². The van der Waals surface area contributed by atoms with Gasteiger partial charge in [0.25, 0.3) is 5.91 Å². The Balaban J connectivity index is 1.62. The Bertz CT molecular complexity index is 1010. The van der Waals surface area contributed by atoms with Crippen LogP contribution in [0.1, 0.15) is 11.1 Å². The number of amides is 1. The molecule has 1 fully saturated rings. The van der Waals surface area contributed by atoms with Crippen molar-refractivity contribution >= 4 is 28.5 Å². The highest BCUT2D eigenvalue weighted by Crippen LogP contribution is 2.39. The Kier molecular flexibility index (Phi) is 5.15. The number of anilines is 3.